The van der Waals surface area contributed by atoms with Crippen molar-refractivity contribution in [3.8, 4) is 22.3 Å². The second-order valence-corrected chi connectivity index (χ2v) is 20.0. The van der Waals surface area contributed by atoms with Gasteiger partial charge in [-0.1, -0.05) is 170 Å². The Bertz CT molecular complexity index is 3510. The lowest BCUT2D eigenvalue weighted by atomic mass is 9.78. The zero-order valence-electron chi connectivity index (χ0n) is 40.2. The second kappa shape index (κ2) is 18.3. The summed E-state index contributed by atoms with van der Waals surface area (Å²) in [5, 5.41) is 5.23. The fraction of sp³-hybridized carbons (Fsp3) is 0.191. The van der Waals surface area contributed by atoms with E-state index in [1.807, 2.05) is 0 Å². The first-order chi connectivity index (χ1) is 33.9. The highest BCUT2D eigenvalue weighted by molar-refractivity contribution is 6.11. The first-order valence-corrected chi connectivity index (χ1v) is 25.4. The predicted octanol–water partition coefficient (Wildman–Crippen LogP) is 18.7. The van der Waals surface area contributed by atoms with Crippen LogP contribution in [0.4, 0.5) is 5.69 Å². The fourth-order valence-corrected chi connectivity index (χ4v) is 12.0. The van der Waals surface area contributed by atoms with Crippen LogP contribution >= 0.6 is 0 Å². The largest absolute Gasteiger partial charge is 0.253 e. The molecule has 2 atom stereocenters. The van der Waals surface area contributed by atoms with E-state index in [4.69, 9.17) is 4.99 Å². The van der Waals surface area contributed by atoms with Gasteiger partial charge in [-0.25, -0.2) is 0 Å². The number of hydrogen-bond acceptors (Lipinski definition) is 1. The topological polar surface area (TPSA) is 12.4 Å². The molecule has 0 spiro atoms. The van der Waals surface area contributed by atoms with Crippen LogP contribution in [-0.4, -0.2) is 5.71 Å². The van der Waals surface area contributed by atoms with E-state index in [2.05, 4.69) is 215 Å². The molecule has 0 aliphatic heterocycles. The van der Waals surface area contributed by atoms with Crippen LogP contribution < -0.4 is 0 Å². The van der Waals surface area contributed by atoms with Crippen molar-refractivity contribution >= 4 is 55.7 Å². The van der Waals surface area contributed by atoms with Crippen LogP contribution in [0.15, 0.2) is 204 Å². The highest BCUT2D eigenvalue weighted by atomic mass is 14.7. The Morgan fingerprint density at radius 1 is 0.609 bits per heavy atom. The molecule has 0 bridgehead atoms. The van der Waals surface area contributed by atoms with Crippen LogP contribution in [0.5, 0.6) is 0 Å². The fourth-order valence-electron chi connectivity index (χ4n) is 12.0. The molecule has 0 N–H and O–H groups in total. The van der Waals surface area contributed by atoms with Gasteiger partial charge in [0.2, 0.25) is 0 Å². The highest BCUT2D eigenvalue weighted by Crippen LogP contribution is 2.47. The summed E-state index contributed by atoms with van der Waals surface area (Å²) >= 11 is 0. The lowest BCUT2D eigenvalue weighted by Crippen LogP contribution is -2.09. The molecule has 69 heavy (non-hydrogen) atoms. The standard InChI is InChI=1S/C68H59N/c1-44-15-4-10-23-59(44)64-42-56(35-37-60(64)46(3)69-66-26-13-5-16-45(66)2)53-21-14-22-54(40-53)57-36-38-63-65(43-57)68(58-34-30-48-18-7-9-20-52(48)41-58)62-25-12-11-24-61(62)67(63)50-31-27-49(28-32-50)55-33-29-47-17-6-8-19-51(47)39-55/h4-9,11,13-16,18-21,24,26-28,30-32,34-43,47,54H,10,12,17,22-23,25,29,33H2,1-3H3/b69-46+/t47-,54-/m1/s1. The van der Waals surface area contributed by atoms with Crippen molar-refractivity contribution in [3.05, 3.63) is 244 Å². The first kappa shape index (κ1) is 43.0. The van der Waals surface area contributed by atoms with Gasteiger partial charge in [-0.15, -0.1) is 0 Å². The molecule has 7 aromatic rings. The molecule has 1 nitrogen and oxygen atoms in total. The summed E-state index contributed by atoms with van der Waals surface area (Å²) in [7, 11) is 0. The Hall–Kier alpha value is -7.35. The van der Waals surface area contributed by atoms with Crippen LogP contribution in [0.2, 0.25) is 0 Å². The van der Waals surface area contributed by atoms with Crippen molar-refractivity contribution in [1.29, 1.82) is 0 Å². The quantitative estimate of drug-likeness (QED) is 0.135. The van der Waals surface area contributed by atoms with Gasteiger partial charge in [0.05, 0.1) is 5.69 Å². The van der Waals surface area contributed by atoms with E-state index in [1.165, 1.54) is 129 Å². The smallest absolute Gasteiger partial charge is 0.0662 e. The molecule has 0 aromatic heterocycles. The van der Waals surface area contributed by atoms with Crippen LogP contribution in [0.25, 0.3) is 66.6 Å². The summed E-state index contributed by atoms with van der Waals surface area (Å²) in [6.07, 6.45) is 34.7. The SMILES string of the molecule is CC1=C(c2cc(C3=C[C@H](c4ccc5c(-c6ccc(C7=CC8=CC=CC[C@@H]8CC7)cc6)c6c(c(-c7ccc8ccccc8c7)c5c4)CCC=C6)CC=C3)ccc2/C(C)=N/c2ccccc2C)CCC=C1. The average Bonchev–Trinajstić information content (AvgIpc) is 3.40. The summed E-state index contributed by atoms with van der Waals surface area (Å²) in [5.74, 6) is 0.910. The van der Waals surface area contributed by atoms with Crippen LogP contribution in [0.3, 0.4) is 0 Å². The molecular formula is C68H59N. The lowest BCUT2D eigenvalue weighted by molar-refractivity contribution is 0.572. The van der Waals surface area contributed by atoms with Gasteiger partial charge in [-0.3, -0.25) is 4.99 Å². The summed E-state index contributed by atoms with van der Waals surface area (Å²) < 4.78 is 0. The van der Waals surface area contributed by atoms with Crippen LogP contribution in [0.1, 0.15) is 109 Å². The van der Waals surface area contributed by atoms with Gasteiger partial charge in [0.25, 0.3) is 0 Å². The summed E-state index contributed by atoms with van der Waals surface area (Å²) in [4.78, 5) is 5.20. The molecule has 5 aliphatic rings. The highest BCUT2D eigenvalue weighted by Gasteiger charge is 2.25. The third-order valence-electron chi connectivity index (χ3n) is 15.7. The van der Waals surface area contributed by atoms with E-state index in [-0.39, 0.29) is 5.92 Å². The molecule has 7 aromatic carbocycles. The number of benzene rings is 7. The first-order valence-electron chi connectivity index (χ1n) is 25.4. The van der Waals surface area contributed by atoms with Gasteiger partial charge in [0, 0.05) is 17.2 Å². The van der Waals surface area contributed by atoms with E-state index >= 15 is 0 Å². The Morgan fingerprint density at radius 2 is 1.41 bits per heavy atom. The molecular weight excluding hydrogens is 831 g/mol. The van der Waals surface area contributed by atoms with E-state index < -0.39 is 0 Å². The Balaban J connectivity index is 0.980. The van der Waals surface area contributed by atoms with Crippen molar-refractivity contribution in [3.63, 3.8) is 0 Å². The number of rotatable bonds is 8. The number of allylic oxidation sites excluding steroid dienone is 15. The third-order valence-corrected chi connectivity index (χ3v) is 15.7. The zero-order valence-corrected chi connectivity index (χ0v) is 40.2. The van der Waals surface area contributed by atoms with E-state index in [9.17, 15) is 0 Å². The maximum Gasteiger partial charge on any atom is 0.0662 e. The number of para-hydroxylation sites is 1. The minimum atomic E-state index is 0.238. The summed E-state index contributed by atoms with van der Waals surface area (Å²) in [6.45, 7) is 6.58. The number of fused-ring (bicyclic) bond motifs is 4. The number of nitrogens with zero attached hydrogens (tertiary/aromatic N) is 1. The number of aryl methyl sites for hydroxylation is 1. The van der Waals surface area contributed by atoms with Gasteiger partial charge in [0.15, 0.2) is 0 Å². The van der Waals surface area contributed by atoms with Gasteiger partial charge >= 0.3 is 0 Å². The normalized spacial score (nSPS) is 18.8. The Labute approximate surface area is 408 Å². The van der Waals surface area contributed by atoms with Crippen molar-refractivity contribution in [2.75, 3.05) is 0 Å². The van der Waals surface area contributed by atoms with Crippen molar-refractivity contribution in [2.45, 2.75) is 78.1 Å². The van der Waals surface area contributed by atoms with Gasteiger partial charge in [-0.2, -0.15) is 0 Å². The molecule has 12 rings (SSSR count). The van der Waals surface area contributed by atoms with E-state index in [1.54, 1.807) is 0 Å². The zero-order chi connectivity index (χ0) is 46.4. The van der Waals surface area contributed by atoms with Crippen LogP contribution in [-0.2, 0) is 6.42 Å². The molecule has 0 saturated carbocycles. The molecule has 0 heterocycles. The van der Waals surface area contributed by atoms with Crippen molar-refractivity contribution < 1.29 is 0 Å². The third kappa shape index (κ3) is 8.19. The molecule has 0 unspecified atom stereocenters. The molecule has 336 valence electrons. The Morgan fingerprint density at radius 3 is 2.29 bits per heavy atom. The minimum Gasteiger partial charge on any atom is -0.253 e. The van der Waals surface area contributed by atoms with Crippen molar-refractivity contribution in [2.24, 2.45) is 10.9 Å². The summed E-state index contributed by atoms with van der Waals surface area (Å²) in [6, 6.07) is 48.5. The molecule has 0 saturated heterocycles. The van der Waals surface area contributed by atoms with Crippen molar-refractivity contribution in [1.82, 2.24) is 0 Å². The maximum absolute atomic E-state index is 5.20. The number of hydrogen-bond donors (Lipinski definition) is 0. The van der Waals surface area contributed by atoms with Gasteiger partial charge in [-0.05, 0) is 213 Å². The van der Waals surface area contributed by atoms with E-state index in [0.717, 1.165) is 49.9 Å². The summed E-state index contributed by atoms with van der Waals surface area (Å²) in [5.41, 5.74) is 24.9. The van der Waals surface area contributed by atoms with Gasteiger partial charge in [0.1, 0.15) is 0 Å². The predicted molar refractivity (Wildman–Crippen MR) is 297 cm³/mol. The van der Waals surface area contributed by atoms with E-state index in [0.29, 0.717) is 5.92 Å². The maximum atomic E-state index is 5.20. The molecule has 1 heteroatoms. The Kier molecular flexibility index (Phi) is 11.4. The second-order valence-electron chi connectivity index (χ2n) is 20.0. The minimum absolute atomic E-state index is 0.238. The molecule has 5 aliphatic carbocycles. The van der Waals surface area contributed by atoms with Gasteiger partial charge < -0.3 is 0 Å². The molecule has 0 radical (unpaired) electrons. The molecule has 0 amide bonds. The number of aliphatic imine (C=N–C) groups is 1. The lowest BCUT2D eigenvalue weighted by Gasteiger charge is -2.26. The molecule has 0 fully saturated rings. The van der Waals surface area contributed by atoms with Crippen LogP contribution in [0, 0.1) is 12.8 Å². The average molecular weight is 890 g/mol. The monoisotopic (exact) mass is 889 g/mol.